The van der Waals surface area contributed by atoms with E-state index in [1.807, 2.05) is 0 Å². The summed E-state index contributed by atoms with van der Waals surface area (Å²) in [4.78, 5) is 0. The van der Waals surface area contributed by atoms with Crippen molar-refractivity contribution in [3.8, 4) is 0 Å². The van der Waals surface area contributed by atoms with E-state index in [1.54, 1.807) is 0 Å². The lowest BCUT2D eigenvalue weighted by atomic mass is 9.89. The molecule has 0 heterocycles. The zero-order valence-corrected chi connectivity index (χ0v) is 12.7. The Kier molecular flexibility index (Phi) is 2.56. The van der Waals surface area contributed by atoms with Gasteiger partial charge >= 0.3 is 0 Å². The Labute approximate surface area is 125 Å². The predicted molar refractivity (Wildman–Crippen MR) is 93.2 cm³/mol. The highest BCUT2D eigenvalue weighted by molar-refractivity contribution is 6.16. The van der Waals surface area contributed by atoms with Crippen molar-refractivity contribution in [1.29, 1.82) is 0 Å². The van der Waals surface area contributed by atoms with Crippen molar-refractivity contribution in [2.75, 3.05) is 0 Å². The first-order valence-electron chi connectivity index (χ1n) is 7.48. The Morgan fingerprint density at radius 3 is 1.86 bits per heavy atom. The van der Waals surface area contributed by atoms with Crippen LogP contribution in [0.4, 0.5) is 0 Å². The summed E-state index contributed by atoms with van der Waals surface area (Å²) >= 11 is 0. The number of rotatable bonds is 0. The smallest absolute Gasteiger partial charge is 0.00670 e. The Morgan fingerprint density at radius 1 is 0.476 bits per heavy atom. The third kappa shape index (κ3) is 1.62. The Morgan fingerprint density at radius 2 is 1.10 bits per heavy atom. The van der Waals surface area contributed by atoms with E-state index < -0.39 is 0 Å². The average Bonchev–Trinajstić information content (AvgIpc) is 2.52. The van der Waals surface area contributed by atoms with Crippen LogP contribution in [-0.2, 0) is 0 Å². The normalized spacial score (nSPS) is 11.6. The minimum absolute atomic E-state index is 1.35. The highest BCUT2D eigenvalue weighted by Gasteiger charge is 2.11. The number of aryl methyl sites for hydroxylation is 3. The summed E-state index contributed by atoms with van der Waals surface area (Å²) in [5.41, 5.74) is 4.12. The Hall–Kier alpha value is -2.34. The predicted octanol–water partition coefficient (Wildman–Crippen LogP) is 6.07. The second-order valence-electron chi connectivity index (χ2n) is 5.95. The summed E-state index contributed by atoms with van der Waals surface area (Å²) in [6, 6.07) is 19.9. The molecule has 0 spiro atoms. The lowest BCUT2D eigenvalue weighted by Crippen LogP contribution is -1.90. The Balaban J connectivity index is 2.37. The third-order valence-electron chi connectivity index (χ3n) is 4.79. The molecule has 0 saturated carbocycles. The van der Waals surface area contributed by atoms with Gasteiger partial charge in [-0.15, -0.1) is 0 Å². The summed E-state index contributed by atoms with van der Waals surface area (Å²) in [5.74, 6) is 0. The van der Waals surface area contributed by atoms with Crippen LogP contribution in [-0.4, -0.2) is 0 Å². The molecule has 0 aliphatic heterocycles. The third-order valence-corrected chi connectivity index (χ3v) is 4.79. The first-order valence-corrected chi connectivity index (χ1v) is 7.48. The van der Waals surface area contributed by atoms with Gasteiger partial charge in [-0.3, -0.25) is 0 Å². The van der Waals surface area contributed by atoms with Gasteiger partial charge in [0.1, 0.15) is 0 Å². The van der Waals surface area contributed by atoms with Crippen LogP contribution in [0.2, 0.25) is 0 Å². The average molecular weight is 270 g/mol. The van der Waals surface area contributed by atoms with E-state index in [4.69, 9.17) is 0 Å². The largest absolute Gasteiger partial charge is 0.0616 e. The fourth-order valence-corrected chi connectivity index (χ4v) is 3.65. The van der Waals surface area contributed by atoms with Gasteiger partial charge in [0, 0.05) is 0 Å². The van der Waals surface area contributed by atoms with Crippen LogP contribution in [0.3, 0.4) is 0 Å². The van der Waals surface area contributed by atoms with Gasteiger partial charge in [0.15, 0.2) is 0 Å². The van der Waals surface area contributed by atoms with Gasteiger partial charge in [-0.1, -0.05) is 54.6 Å². The summed E-state index contributed by atoms with van der Waals surface area (Å²) in [6.07, 6.45) is 0. The Bertz CT molecular complexity index is 1010. The molecule has 0 fully saturated rings. The minimum atomic E-state index is 1.35. The van der Waals surface area contributed by atoms with Crippen LogP contribution >= 0.6 is 0 Å². The SMILES string of the molecule is Cc1cccc2c1ccc1c(C)c3ccccc3c(C)c12. The summed E-state index contributed by atoms with van der Waals surface area (Å²) < 4.78 is 0. The van der Waals surface area contributed by atoms with Crippen LogP contribution in [0.15, 0.2) is 54.6 Å². The second kappa shape index (κ2) is 4.33. The zero-order chi connectivity index (χ0) is 14.6. The van der Waals surface area contributed by atoms with E-state index in [2.05, 4.69) is 75.4 Å². The molecule has 0 aliphatic carbocycles. The molecule has 4 aromatic rings. The molecule has 4 aromatic carbocycles. The first-order chi connectivity index (χ1) is 10.2. The maximum Gasteiger partial charge on any atom is -0.00670 e. The molecule has 0 radical (unpaired) electrons. The van der Waals surface area contributed by atoms with Gasteiger partial charge in [-0.25, -0.2) is 0 Å². The molecule has 4 rings (SSSR count). The van der Waals surface area contributed by atoms with Crippen molar-refractivity contribution >= 4 is 32.3 Å². The number of hydrogen-bond acceptors (Lipinski definition) is 0. The standard InChI is InChI=1S/C21H18/c1-13-7-6-10-20-16(13)11-12-19-14(2)17-8-4-5-9-18(17)15(3)21(19)20/h4-12H,1-3H3. The maximum absolute atomic E-state index is 2.29. The summed E-state index contributed by atoms with van der Waals surface area (Å²) in [6.45, 7) is 6.69. The minimum Gasteiger partial charge on any atom is -0.0616 e. The van der Waals surface area contributed by atoms with E-state index >= 15 is 0 Å². The van der Waals surface area contributed by atoms with E-state index in [1.165, 1.54) is 49.0 Å². The molecule has 0 N–H and O–H groups in total. The zero-order valence-electron chi connectivity index (χ0n) is 12.7. The van der Waals surface area contributed by atoms with Crippen LogP contribution < -0.4 is 0 Å². The van der Waals surface area contributed by atoms with Crippen LogP contribution in [0.5, 0.6) is 0 Å². The molecule has 0 aromatic heterocycles. The highest BCUT2D eigenvalue weighted by atomic mass is 14.1. The molecule has 0 saturated heterocycles. The fourth-order valence-electron chi connectivity index (χ4n) is 3.65. The maximum atomic E-state index is 2.29. The topological polar surface area (TPSA) is 0 Å². The quantitative estimate of drug-likeness (QED) is 0.268. The van der Waals surface area contributed by atoms with Gasteiger partial charge in [0.2, 0.25) is 0 Å². The van der Waals surface area contributed by atoms with Gasteiger partial charge in [-0.2, -0.15) is 0 Å². The van der Waals surface area contributed by atoms with Crippen molar-refractivity contribution in [2.24, 2.45) is 0 Å². The molecule has 0 unspecified atom stereocenters. The van der Waals surface area contributed by atoms with E-state index in [9.17, 15) is 0 Å². The van der Waals surface area contributed by atoms with Crippen molar-refractivity contribution in [2.45, 2.75) is 20.8 Å². The van der Waals surface area contributed by atoms with Gasteiger partial charge < -0.3 is 0 Å². The molecule has 0 amide bonds. The molecular weight excluding hydrogens is 252 g/mol. The fraction of sp³-hybridized carbons (Fsp3) is 0.143. The molecule has 0 heteroatoms. The molecule has 0 nitrogen and oxygen atoms in total. The van der Waals surface area contributed by atoms with Crippen LogP contribution in [0.25, 0.3) is 32.3 Å². The van der Waals surface area contributed by atoms with Crippen molar-refractivity contribution < 1.29 is 0 Å². The first kappa shape index (κ1) is 12.4. The molecule has 21 heavy (non-hydrogen) atoms. The lowest BCUT2D eigenvalue weighted by Gasteiger charge is -2.15. The number of benzene rings is 4. The van der Waals surface area contributed by atoms with Gasteiger partial charge in [0.05, 0.1) is 0 Å². The van der Waals surface area contributed by atoms with Crippen molar-refractivity contribution in [1.82, 2.24) is 0 Å². The van der Waals surface area contributed by atoms with Crippen LogP contribution in [0, 0.1) is 20.8 Å². The van der Waals surface area contributed by atoms with E-state index in [0.717, 1.165) is 0 Å². The van der Waals surface area contributed by atoms with Crippen LogP contribution in [0.1, 0.15) is 16.7 Å². The second-order valence-corrected chi connectivity index (χ2v) is 5.95. The summed E-state index contributed by atoms with van der Waals surface area (Å²) in [5, 5.41) is 8.27. The van der Waals surface area contributed by atoms with Crippen molar-refractivity contribution in [3.63, 3.8) is 0 Å². The number of fused-ring (bicyclic) bond motifs is 4. The molecule has 0 aliphatic rings. The molecule has 102 valence electrons. The summed E-state index contributed by atoms with van der Waals surface area (Å²) in [7, 11) is 0. The van der Waals surface area contributed by atoms with Gasteiger partial charge in [0.25, 0.3) is 0 Å². The molecule has 0 atom stereocenters. The van der Waals surface area contributed by atoms with Crippen molar-refractivity contribution in [3.05, 3.63) is 71.3 Å². The van der Waals surface area contributed by atoms with E-state index in [0.29, 0.717) is 0 Å². The molecular formula is C21H18. The molecule has 0 bridgehead atoms. The lowest BCUT2D eigenvalue weighted by molar-refractivity contribution is 1.51. The number of hydrogen-bond donors (Lipinski definition) is 0. The highest BCUT2D eigenvalue weighted by Crippen LogP contribution is 2.36. The van der Waals surface area contributed by atoms with Gasteiger partial charge in [-0.05, 0) is 69.8 Å². The monoisotopic (exact) mass is 270 g/mol. The van der Waals surface area contributed by atoms with E-state index in [-0.39, 0.29) is 0 Å².